The van der Waals surface area contributed by atoms with Crippen molar-refractivity contribution in [2.24, 2.45) is 0 Å². The highest BCUT2D eigenvalue weighted by molar-refractivity contribution is 6.06. The van der Waals surface area contributed by atoms with Gasteiger partial charge in [-0.15, -0.1) is 0 Å². The number of furan rings is 1. The molecule has 0 aliphatic rings. The molecule has 0 saturated carbocycles. The van der Waals surface area contributed by atoms with Gasteiger partial charge in [0, 0.05) is 5.56 Å². The normalized spacial score (nSPS) is 10.1. The first-order valence-electron chi connectivity index (χ1n) is 5.36. The van der Waals surface area contributed by atoms with Gasteiger partial charge in [0.1, 0.15) is 29.0 Å². The standard InChI is InChI=1S/C12H12N4O2/c1-6-7(2)18-8(3)10(6)12(17)15-11-9(4-13)5-14-16-11/h5H,1-3H3,(H2,14,15,16,17). The van der Waals surface area contributed by atoms with E-state index in [0.29, 0.717) is 28.5 Å². The van der Waals surface area contributed by atoms with Gasteiger partial charge >= 0.3 is 0 Å². The molecular formula is C12H12N4O2. The molecule has 2 N–H and O–H groups in total. The van der Waals surface area contributed by atoms with Gasteiger partial charge < -0.3 is 9.73 Å². The Kier molecular flexibility index (Phi) is 2.90. The monoisotopic (exact) mass is 244 g/mol. The zero-order valence-electron chi connectivity index (χ0n) is 10.3. The lowest BCUT2D eigenvalue weighted by molar-refractivity contribution is 0.102. The lowest BCUT2D eigenvalue weighted by atomic mass is 10.1. The average Bonchev–Trinajstić information content (AvgIpc) is 2.85. The maximum Gasteiger partial charge on any atom is 0.260 e. The van der Waals surface area contributed by atoms with Crippen LogP contribution in [0.5, 0.6) is 0 Å². The number of aromatic nitrogens is 2. The molecule has 92 valence electrons. The van der Waals surface area contributed by atoms with Gasteiger partial charge in [-0.3, -0.25) is 9.89 Å². The number of H-pyrrole nitrogens is 1. The first-order chi connectivity index (χ1) is 8.54. The number of aromatic amines is 1. The summed E-state index contributed by atoms with van der Waals surface area (Å²) >= 11 is 0. The number of amides is 1. The molecule has 0 aliphatic heterocycles. The van der Waals surface area contributed by atoms with Gasteiger partial charge in [-0.1, -0.05) is 0 Å². The smallest absolute Gasteiger partial charge is 0.260 e. The zero-order chi connectivity index (χ0) is 13.3. The van der Waals surface area contributed by atoms with Gasteiger partial charge in [-0.25, -0.2) is 0 Å². The Morgan fingerprint density at radius 3 is 2.72 bits per heavy atom. The number of nitrogens with zero attached hydrogens (tertiary/aromatic N) is 2. The second kappa shape index (κ2) is 4.37. The van der Waals surface area contributed by atoms with Crippen LogP contribution >= 0.6 is 0 Å². The fourth-order valence-corrected chi connectivity index (χ4v) is 1.77. The third kappa shape index (κ3) is 1.86. The predicted octanol–water partition coefficient (Wildman–Crippen LogP) is 2.05. The van der Waals surface area contributed by atoms with Gasteiger partial charge in [0.05, 0.1) is 11.8 Å². The molecule has 18 heavy (non-hydrogen) atoms. The maximum atomic E-state index is 12.1. The number of hydrogen-bond donors (Lipinski definition) is 2. The van der Waals surface area contributed by atoms with E-state index >= 15 is 0 Å². The lowest BCUT2D eigenvalue weighted by Crippen LogP contribution is -2.14. The Balaban J connectivity index is 2.31. The first-order valence-corrected chi connectivity index (χ1v) is 5.36. The van der Waals surface area contributed by atoms with E-state index in [-0.39, 0.29) is 5.91 Å². The zero-order valence-corrected chi connectivity index (χ0v) is 10.3. The number of nitriles is 1. The summed E-state index contributed by atoms with van der Waals surface area (Å²) < 4.78 is 5.39. The number of hydrogen-bond acceptors (Lipinski definition) is 4. The summed E-state index contributed by atoms with van der Waals surface area (Å²) in [6, 6.07) is 1.93. The number of rotatable bonds is 2. The van der Waals surface area contributed by atoms with Crippen LogP contribution < -0.4 is 5.32 Å². The Hall–Kier alpha value is -2.55. The van der Waals surface area contributed by atoms with Gasteiger partial charge in [-0.2, -0.15) is 10.4 Å². The van der Waals surface area contributed by atoms with E-state index in [4.69, 9.17) is 9.68 Å². The Morgan fingerprint density at radius 2 is 2.17 bits per heavy atom. The number of nitrogens with one attached hydrogen (secondary N) is 2. The van der Waals surface area contributed by atoms with Crippen molar-refractivity contribution >= 4 is 11.7 Å². The van der Waals surface area contributed by atoms with Crippen molar-refractivity contribution < 1.29 is 9.21 Å². The van der Waals surface area contributed by atoms with Crippen molar-refractivity contribution in [2.45, 2.75) is 20.8 Å². The van der Waals surface area contributed by atoms with Gasteiger partial charge in [0.15, 0.2) is 0 Å². The van der Waals surface area contributed by atoms with Crippen LogP contribution in [0.15, 0.2) is 10.6 Å². The number of aryl methyl sites for hydroxylation is 2. The van der Waals surface area contributed by atoms with Crippen LogP contribution in [0.25, 0.3) is 0 Å². The van der Waals surface area contributed by atoms with E-state index in [1.165, 1.54) is 6.20 Å². The molecule has 2 aromatic heterocycles. The van der Waals surface area contributed by atoms with E-state index in [0.717, 1.165) is 5.56 Å². The Morgan fingerprint density at radius 1 is 1.44 bits per heavy atom. The molecular weight excluding hydrogens is 232 g/mol. The maximum absolute atomic E-state index is 12.1. The molecule has 0 bridgehead atoms. The molecule has 0 spiro atoms. The van der Waals surface area contributed by atoms with Crippen molar-refractivity contribution in [2.75, 3.05) is 5.32 Å². The fraction of sp³-hybridized carbons (Fsp3) is 0.250. The van der Waals surface area contributed by atoms with Crippen LogP contribution in [0.3, 0.4) is 0 Å². The average molecular weight is 244 g/mol. The molecule has 0 fully saturated rings. The van der Waals surface area contributed by atoms with Crippen LogP contribution in [0.1, 0.15) is 33.0 Å². The van der Waals surface area contributed by atoms with Crippen LogP contribution in [-0.2, 0) is 0 Å². The molecule has 2 aromatic rings. The SMILES string of the molecule is Cc1oc(C)c(C(=O)Nc2[nH]ncc2C#N)c1C. The third-order valence-electron chi connectivity index (χ3n) is 2.79. The van der Waals surface area contributed by atoms with Crippen LogP contribution in [0.4, 0.5) is 5.82 Å². The van der Waals surface area contributed by atoms with Crippen LogP contribution in [0.2, 0.25) is 0 Å². The number of carbonyl (C=O) groups is 1. The summed E-state index contributed by atoms with van der Waals surface area (Å²) in [6.07, 6.45) is 1.36. The second-order valence-electron chi connectivity index (χ2n) is 3.94. The van der Waals surface area contributed by atoms with Crippen molar-refractivity contribution in [3.8, 4) is 6.07 Å². The number of anilines is 1. The van der Waals surface area contributed by atoms with E-state index < -0.39 is 0 Å². The molecule has 2 rings (SSSR count). The lowest BCUT2D eigenvalue weighted by Gasteiger charge is -2.02. The molecule has 1 amide bonds. The minimum atomic E-state index is -0.317. The molecule has 0 atom stereocenters. The number of carbonyl (C=O) groups excluding carboxylic acids is 1. The molecule has 6 heteroatoms. The molecule has 6 nitrogen and oxygen atoms in total. The first kappa shape index (κ1) is 11.9. The molecule has 0 aliphatic carbocycles. The van der Waals surface area contributed by atoms with Crippen molar-refractivity contribution in [1.82, 2.24) is 10.2 Å². The fourth-order valence-electron chi connectivity index (χ4n) is 1.77. The van der Waals surface area contributed by atoms with Crippen molar-refractivity contribution in [1.29, 1.82) is 5.26 Å². The largest absolute Gasteiger partial charge is 0.466 e. The van der Waals surface area contributed by atoms with E-state index in [1.54, 1.807) is 13.8 Å². The summed E-state index contributed by atoms with van der Waals surface area (Å²) in [5.41, 5.74) is 1.58. The van der Waals surface area contributed by atoms with E-state index in [2.05, 4.69) is 15.5 Å². The van der Waals surface area contributed by atoms with Crippen molar-refractivity contribution in [3.63, 3.8) is 0 Å². The third-order valence-corrected chi connectivity index (χ3v) is 2.79. The van der Waals surface area contributed by atoms with E-state index in [9.17, 15) is 4.79 Å². The molecule has 0 aromatic carbocycles. The summed E-state index contributed by atoms with van der Waals surface area (Å²) in [7, 11) is 0. The second-order valence-corrected chi connectivity index (χ2v) is 3.94. The molecule has 2 heterocycles. The summed E-state index contributed by atoms with van der Waals surface area (Å²) in [6.45, 7) is 5.35. The van der Waals surface area contributed by atoms with Crippen LogP contribution in [0, 0.1) is 32.1 Å². The quantitative estimate of drug-likeness (QED) is 0.845. The van der Waals surface area contributed by atoms with Gasteiger partial charge in [0.2, 0.25) is 0 Å². The topological polar surface area (TPSA) is 94.7 Å². The molecule has 0 unspecified atom stereocenters. The Labute approximate surface area is 104 Å². The van der Waals surface area contributed by atoms with Crippen LogP contribution in [-0.4, -0.2) is 16.1 Å². The highest BCUT2D eigenvalue weighted by atomic mass is 16.3. The summed E-state index contributed by atoms with van der Waals surface area (Å²) in [5, 5.41) is 17.7. The van der Waals surface area contributed by atoms with Crippen molar-refractivity contribution in [3.05, 3.63) is 34.4 Å². The summed E-state index contributed by atoms with van der Waals surface area (Å²) in [5.74, 6) is 1.24. The Bertz CT molecular complexity index is 646. The predicted molar refractivity (Wildman–Crippen MR) is 64.2 cm³/mol. The van der Waals surface area contributed by atoms with Gasteiger partial charge in [-0.05, 0) is 20.8 Å². The molecule has 0 radical (unpaired) electrons. The molecule has 0 saturated heterocycles. The summed E-state index contributed by atoms with van der Waals surface area (Å²) in [4.78, 5) is 12.1. The van der Waals surface area contributed by atoms with Gasteiger partial charge in [0.25, 0.3) is 5.91 Å². The highest BCUT2D eigenvalue weighted by Crippen LogP contribution is 2.22. The van der Waals surface area contributed by atoms with E-state index in [1.807, 2.05) is 13.0 Å². The highest BCUT2D eigenvalue weighted by Gasteiger charge is 2.19. The minimum absolute atomic E-state index is 0.291. The minimum Gasteiger partial charge on any atom is -0.466 e.